The predicted octanol–water partition coefficient (Wildman–Crippen LogP) is 1.46. The van der Waals surface area contributed by atoms with Crippen molar-refractivity contribution in [3.8, 4) is 11.5 Å². The number of carbonyl (C=O) groups excluding carboxylic acids is 3. The van der Waals surface area contributed by atoms with Crippen LogP contribution in [-0.2, 0) is 68.2 Å². The van der Waals surface area contributed by atoms with E-state index in [4.69, 9.17) is 5.11 Å². The van der Waals surface area contributed by atoms with Crippen LogP contribution in [0.4, 0.5) is 0 Å². The Balaban J connectivity index is -0.000000437. The zero-order valence-corrected chi connectivity index (χ0v) is 23.9. The molecule has 0 spiro atoms. The van der Waals surface area contributed by atoms with Crippen LogP contribution >= 0.6 is 9.90 Å². The van der Waals surface area contributed by atoms with Gasteiger partial charge in [-0.25, -0.2) is 6.29 Å². The number of hydrogen-bond acceptors (Lipinski definition) is 6. The van der Waals surface area contributed by atoms with E-state index in [0.717, 1.165) is 4.90 Å². The minimum Gasteiger partial charge on any atom is -0.658 e. The maximum atomic E-state index is 11.0. The van der Waals surface area contributed by atoms with Crippen LogP contribution in [0.25, 0.3) is 5.32 Å². The molecule has 2 amide bonds. The molecule has 1 saturated heterocycles. The van der Waals surface area contributed by atoms with E-state index in [0.29, 0.717) is 12.1 Å². The summed E-state index contributed by atoms with van der Waals surface area (Å²) < 4.78 is 0. The quantitative estimate of drug-likeness (QED) is 0.182. The van der Waals surface area contributed by atoms with E-state index < -0.39 is 6.10 Å². The number of phenolic OH excluding ortho intramolecular Hbond substituents is 2. The number of benzene rings is 1. The summed E-state index contributed by atoms with van der Waals surface area (Å²) in [6.07, 6.45) is 1.01. The molecule has 0 aliphatic carbocycles. The summed E-state index contributed by atoms with van der Waals surface area (Å²) in [4.78, 5) is 32.8. The molecule has 3 atom stereocenters. The fourth-order valence-electron chi connectivity index (χ4n) is 2.24. The zero-order chi connectivity index (χ0) is 19.9. The summed E-state index contributed by atoms with van der Waals surface area (Å²) in [5.41, 5.74) is 0.551. The van der Waals surface area contributed by atoms with Gasteiger partial charge in [-0.05, 0) is 17.7 Å². The number of carbonyl (C=O) groups is 2. The van der Waals surface area contributed by atoms with Crippen molar-refractivity contribution in [1.29, 1.82) is 0 Å². The third kappa shape index (κ3) is 11.1. The van der Waals surface area contributed by atoms with Gasteiger partial charge in [-0.1, -0.05) is 33.4 Å². The molecule has 1 aromatic carbocycles. The van der Waals surface area contributed by atoms with E-state index in [-0.39, 0.29) is 112 Å². The van der Waals surface area contributed by atoms with Gasteiger partial charge in [-0.2, -0.15) is 9.90 Å². The fraction of sp³-hybridized carbons (Fsp3) is 0.500. The molecule has 0 bridgehead atoms. The van der Waals surface area contributed by atoms with Crippen molar-refractivity contribution in [2.24, 2.45) is 5.92 Å². The smallest absolute Gasteiger partial charge is 0.230 e. The first-order valence-corrected chi connectivity index (χ1v) is 8.23. The zero-order valence-electron chi connectivity index (χ0n) is 16.7. The van der Waals surface area contributed by atoms with E-state index >= 15 is 0 Å². The van der Waals surface area contributed by atoms with Gasteiger partial charge >= 0.3 is 0 Å². The first-order valence-electron chi connectivity index (χ1n) is 8.23. The normalized spacial score (nSPS) is 16.0. The second kappa shape index (κ2) is 16.5. The molecule has 1 fully saturated rings. The van der Waals surface area contributed by atoms with Crippen LogP contribution < -0.4 is 0 Å². The van der Waals surface area contributed by atoms with Gasteiger partial charge < -0.3 is 30.3 Å². The molecule has 29 heavy (non-hydrogen) atoms. The van der Waals surface area contributed by atoms with Crippen molar-refractivity contribution in [3.63, 3.8) is 0 Å². The van der Waals surface area contributed by atoms with Crippen molar-refractivity contribution >= 4 is 28.0 Å². The molecule has 161 valence electrons. The maximum Gasteiger partial charge on any atom is 0.230 e. The Bertz CT molecular complexity index is 665. The summed E-state index contributed by atoms with van der Waals surface area (Å²) in [6, 6.07) is 4.43. The minimum atomic E-state index is -0.737. The molecule has 3 unspecified atom stereocenters. The number of amides is 2. The van der Waals surface area contributed by atoms with Crippen molar-refractivity contribution in [2.75, 3.05) is 13.1 Å². The Labute approximate surface area is 214 Å². The molecule has 1 aliphatic heterocycles. The number of rotatable bonds is 6. The molecule has 11 heteroatoms. The number of aromatic hydroxyl groups is 2. The number of aliphatic hydroxyl groups is 1. The molecule has 0 aromatic heterocycles. The SMILES string of the molecule is CC(C)[N-]CC(O)c1ccc(O)c(O)c1.CC1CC(=O)N(C[C-]=O)C1=O.P.[W].[Y]. The van der Waals surface area contributed by atoms with Gasteiger partial charge in [0.2, 0.25) is 11.8 Å². The van der Waals surface area contributed by atoms with Crippen molar-refractivity contribution in [3.05, 3.63) is 29.1 Å². The van der Waals surface area contributed by atoms with Gasteiger partial charge in [-0.3, -0.25) is 9.59 Å². The van der Waals surface area contributed by atoms with Crippen LogP contribution in [0.1, 0.15) is 38.9 Å². The Hall–Kier alpha value is -0.228. The number of likely N-dealkylation sites (tertiary alicyclic amines) is 1. The van der Waals surface area contributed by atoms with Gasteiger partial charge in [-0.15, -0.1) is 12.6 Å². The molecular weight excluding hydrogens is 644 g/mol. The van der Waals surface area contributed by atoms with Crippen molar-refractivity contribution in [1.82, 2.24) is 4.90 Å². The summed E-state index contributed by atoms with van der Waals surface area (Å²) in [5, 5.41) is 32.2. The molecular formula is C18H27N2O6PWY-2. The number of hydrogen-bond donors (Lipinski definition) is 3. The Morgan fingerprint density at radius 2 is 1.83 bits per heavy atom. The summed E-state index contributed by atoms with van der Waals surface area (Å²) >= 11 is 0. The molecule has 0 saturated carbocycles. The Kier molecular flexibility index (Phi) is 19.0. The topological polar surface area (TPSA) is 129 Å². The van der Waals surface area contributed by atoms with E-state index in [1.165, 1.54) is 18.4 Å². The third-order valence-corrected chi connectivity index (χ3v) is 3.72. The molecule has 1 heterocycles. The van der Waals surface area contributed by atoms with Crippen molar-refractivity contribution in [2.45, 2.75) is 39.3 Å². The second-order valence-corrected chi connectivity index (χ2v) is 6.29. The average molecular weight is 671 g/mol. The van der Waals surface area contributed by atoms with Gasteiger partial charge in [0.25, 0.3) is 0 Å². The third-order valence-electron chi connectivity index (χ3n) is 3.72. The van der Waals surface area contributed by atoms with Crippen LogP contribution in [0.15, 0.2) is 18.2 Å². The summed E-state index contributed by atoms with van der Waals surface area (Å²) in [7, 11) is 0. The molecule has 1 radical (unpaired) electrons. The summed E-state index contributed by atoms with van der Waals surface area (Å²) in [6.45, 7) is 5.61. The number of aliphatic hydroxyl groups excluding tert-OH is 1. The van der Waals surface area contributed by atoms with E-state index in [2.05, 4.69) is 5.32 Å². The molecule has 1 aliphatic rings. The monoisotopic (exact) mass is 671 g/mol. The standard InChI is InChI=1S/C11H16NO3.C7H8NO3.H3P.W.Y/c1-7(2)12-6-11(15)8-3-4-9(13)10(14)5-8;1-5-4-6(10)8(2-3-9)7(5)11;;;/h3-5,7,11,13-15H,6H2,1-2H3;5H,2,4H2,1H3;1H3;;/q2*-1;;;. The van der Waals surface area contributed by atoms with Crippen LogP contribution in [0, 0.1) is 5.92 Å². The van der Waals surface area contributed by atoms with E-state index in [1.54, 1.807) is 13.0 Å². The Morgan fingerprint density at radius 3 is 2.24 bits per heavy atom. The van der Waals surface area contributed by atoms with E-state index in [1.807, 2.05) is 13.8 Å². The molecule has 3 N–H and O–H groups in total. The number of nitrogens with zero attached hydrogens (tertiary/aromatic N) is 2. The molecule has 1 aromatic rings. The van der Waals surface area contributed by atoms with Gasteiger partial charge in [0.15, 0.2) is 11.5 Å². The van der Waals surface area contributed by atoms with Gasteiger partial charge in [0.1, 0.15) is 0 Å². The largest absolute Gasteiger partial charge is 0.658 e. The maximum absolute atomic E-state index is 11.0. The Morgan fingerprint density at radius 1 is 1.24 bits per heavy atom. The fourth-order valence-corrected chi connectivity index (χ4v) is 2.24. The van der Waals surface area contributed by atoms with Crippen LogP contribution in [0.3, 0.4) is 0 Å². The van der Waals surface area contributed by atoms with E-state index in [9.17, 15) is 24.6 Å². The van der Waals surface area contributed by atoms with Crippen LogP contribution in [0.2, 0.25) is 0 Å². The van der Waals surface area contributed by atoms with Gasteiger partial charge in [0.05, 0.1) is 6.10 Å². The van der Waals surface area contributed by atoms with Crippen molar-refractivity contribution < 1.29 is 83.5 Å². The first-order chi connectivity index (χ1) is 12.2. The number of phenols is 2. The average Bonchev–Trinajstić information content (AvgIpc) is 2.82. The van der Waals surface area contributed by atoms with Crippen LogP contribution in [-0.4, -0.2) is 57.5 Å². The summed E-state index contributed by atoms with van der Waals surface area (Å²) in [5.74, 6) is -1.22. The molecule has 2 rings (SSSR count). The minimum absolute atomic E-state index is 0. The second-order valence-electron chi connectivity index (χ2n) is 6.29. The number of imide groups is 1. The molecule has 8 nitrogen and oxygen atoms in total. The van der Waals surface area contributed by atoms with Gasteiger partial charge in [0, 0.05) is 66.1 Å². The van der Waals surface area contributed by atoms with Crippen LogP contribution in [0.5, 0.6) is 11.5 Å². The predicted molar refractivity (Wildman–Crippen MR) is 105 cm³/mol. The first kappa shape index (κ1) is 33.4.